The van der Waals surface area contributed by atoms with Crippen molar-refractivity contribution in [3.05, 3.63) is 0 Å². The Hall–Kier alpha value is 0.0200. The summed E-state index contributed by atoms with van der Waals surface area (Å²) < 4.78 is 4.08. The molecule has 0 aliphatic heterocycles. The third kappa shape index (κ3) is 4.52. The van der Waals surface area contributed by atoms with E-state index in [2.05, 4.69) is 25.2 Å². The molecule has 0 aromatic rings. The Bertz CT molecular complexity index is 88.9. The van der Waals surface area contributed by atoms with Gasteiger partial charge in [-0.1, -0.05) is 20.8 Å². The van der Waals surface area contributed by atoms with Gasteiger partial charge >= 0.3 is 0 Å². The van der Waals surface area contributed by atoms with E-state index >= 15 is 0 Å². The average Bonchev–Trinajstić information content (AvgIpc) is 1.82. The first kappa shape index (κ1) is 9.02. The largest absolute Gasteiger partial charge is 0.229 e. The summed E-state index contributed by atoms with van der Waals surface area (Å²) in [5, 5.41) is 0.640. The molecule has 0 fully saturated rings. The average molecular weight is 145 g/mol. The van der Waals surface area contributed by atoms with E-state index in [1.807, 2.05) is 13.1 Å². The Morgan fingerprint density at radius 3 is 2.22 bits per heavy atom. The molecule has 0 saturated carbocycles. The zero-order valence-corrected chi connectivity index (χ0v) is 7.40. The Labute approximate surface area is 62.1 Å². The standard InChI is InChI=1S/C7H15NS/c1-5-8-9-7(4)6(2)3/h5-7H,1-4H3/t7-/m0/s1. The van der Waals surface area contributed by atoms with Crippen molar-refractivity contribution >= 4 is 18.2 Å². The summed E-state index contributed by atoms with van der Waals surface area (Å²) in [6, 6.07) is 0. The van der Waals surface area contributed by atoms with E-state index < -0.39 is 0 Å². The molecule has 0 aromatic carbocycles. The van der Waals surface area contributed by atoms with Crippen LogP contribution >= 0.6 is 11.9 Å². The van der Waals surface area contributed by atoms with Crippen LogP contribution in [0.3, 0.4) is 0 Å². The van der Waals surface area contributed by atoms with E-state index in [-0.39, 0.29) is 0 Å². The Morgan fingerprint density at radius 1 is 1.33 bits per heavy atom. The summed E-state index contributed by atoms with van der Waals surface area (Å²) in [5.41, 5.74) is 0. The lowest BCUT2D eigenvalue weighted by molar-refractivity contribution is 0.643. The summed E-state index contributed by atoms with van der Waals surface area (Å²) in [6.45, 7) is 8.56. The first-order valence-electron chi connectivity index (χ1n) is 3.32. The second kappa shape index (κ2) is 4.86. The highest BCUT2D eigenvalue weighted by atomic mass is 32.2. The lowest BCUT2D eigenvalue weighted by atomic mass is 10.2. The maximum absolute atomic E-state index is 4.08. The monoisotopic (exact) mass is 145 g/mol. The summed E-state index contributed by atoms with van der Waals surface area (Å²) in [5.74, 6) is 0.721. The molecule has 9 heavy (non-hydrogen) atoms. The molecule has 0 spiro atoms. The van der Waals surface area contributed by atoms with Crippen LogP contribution in [0.2, 0.25) is 0 Å². The molecule has 0 aromatic heterocycles. The van der Waals surface area contributed by atoms with Crippen molar-refractivity contribution in [1.29, 1.82) is 0 Å². The Morgan fingerprint density at radius 2 is 1.89 bits per heavy atom. The van der Waals surface area contributed by atoms with Gasteiger partial charge < -0.3 is 0 Å². The minimum absolute atomic E-state index is 0.640. The van der Waals surface area contributed by atoms with Crippen molar-refractivity contribution in [3.8, 4) is 0 Å². The van der Waals surface area contributed by atoms with Gasteiger partial charge in [-0.05, 0) is 24.8 Å². The molecule has 0 heterocycles. The fraction of sp³-hybridized carbons (Fsp3) is 0.857. The molecule has 0 unspecified atom stereocenters. The molecule has 1 nitrogen and oxygen atoms in total. The van der Waals surface area contributed by atoms with Crippen molar-refractivity contribution < 1.29 is 0 Å². The van der Waals surface area contributed by atoms with Crippen LogP contribution in [-0.4, -0.2) is 11.5 Å². The maximum atomic E-state index is 4.08. The highest BCUT2D eigenvalue weighted by Gasteiger charge is 2.04. The highest BCUT2D eigenvalue weighted by molar-refractivity contribution is 7.98. The lowest BCUT2D eigenvalue weighted by Gasteiger charge is -2.09. The minimum atomic E-state index is 0.640. The van der Waals surface area contributed by atoms with Crippen LogP contribution < -0.4 is 0 Å². The zero-order valence-electron chi connectivity index (χ0n) is 6.59. The second-order valence-corrected chi connectivity index (χ2v) is 3.58. The van der Waals surface area contributed by atoms with E-state index in [4.69, 9.17) is 0 Å². The molecular formula is C7H15NS. The number of nitrogens with zero attached hydrogens (tertiary/aromatic N) is 1. The fourth-order valence-electron chi connectivity index (χ4n) is 0.279. The summed E-state index contributed by atoms with van der Waals surface area (Å²) in [7, 11) is 0. The summed E-state index contributed by atoms with van der Waals surface area (Å²) in [6.07, 6.45) is 1.84. The number of hydrogen-bond donors (Lipinski definition) is 0. The molecule has 0 amide bonds. The predicted octanol–water partition coefficient (Wildman–Crippen LogP) is 2.77. The lowest BCUT2D eigenvalue weighted by Crippen LogP contribution is -2.03. The van der Waals surface area contributed by atoms with E-state index in [0.717, 1.165) is 5.92 Å². The van der Waals surface area contributed by atoms with Crippen molar-refractivity contribution in [3.63, 3.8) is 0 Å². The predicted molar refractivity (Wildman–Crippen MR) is 46.1 cm³/mol. The van der Waals surface area contributed by atoms with E-state index in [1.54, 1.807) is 11.9 Å². The smallest absolute Gasteiger partial charge is 0.0261 e. The summed E-state index contributed by atoms with van der Waals surface area (Å²) in [4.78, 5) is 0. The van der Waals surface area contributed by atoms with Gasteiger partial charge in [0.05, 0.1) is 0 Å². The van der Waals surface area contributed by atoms with Crippen LogP contribution in [0.1, 0.15) is 27.7 Å². The first-order chi connectivity index (χ1) is 4.18. The third-order valence-electron chi connectivity index (χ3n) is 1.27. The third-order valence-corrected chi connectivity index (χ3v) is 2.48. The van der Waals surface area contributed by atoms with Gasteiger partial charge in [-0.2, -0.15) is 0 Å². The van der Waals surface area contributed by atoms with Crippen LogP contribution in [0.5, 0.6) is 0 Å². The maximum Gasteiger partial charge on any atom is 0.0261 e. The number of rotatable bonds is 3. The Balaban J connectivity index is 3.38. The quantitative estimate of drug-likeness (QED) is 0.439. The molecule has 2 heteroatoms. The van der Waals surface area contributed by atoms with Crippen molar-refractivity contribution in [1.82, 2.24) is 0 Å². The molecular weight excluding hydrogens is 130 g/mol. The Kier molecular flexibility index (Phi) is 4.87. The minimum Gasteiger partial charge on any atom is -0.229 e. The molecule has 0 radical (unpaired) electrons. The molecule has 0 rings (SSSR count). The van der Waals surface area contributed by atoms with Crippen molar-refractivity contribution in [2.45, 2.75) is 32.9 Å². The number of hydrogen-bond acceptors (Lipinski definition) is 2. The first-order valence-corrected chi connectivity index (χ1v) is 4.16. The van der Waals surface area contributed by atoms with E-state index in [0.29, 0.717) is 5.25 Å². The second-order valence-electron chi connectivity index (χ2n) is 2.42. The van der Waals surface area contributed by atoms with Crippen LogP contribution in [0, 0.1) is 5.92 Å². The molecule has 0 aliphatic carbocycles. The molecule has 0 bridgehead atoms. The highest BCUT2D eigenvalue weighted by Crippen LogP contribution is 2.18. The SMILES string of the molecule is CC=NS[C@@H](C)C(C)C. The van der Waals surface area contributed by atoms with Gasteiger partial charge in [0.15, 0.2) is 0 Å². The summed E-state index contributed by atoms with van der Waals surface area (Å²) >= 11 is 1.65. The fourth-order valence-corrected chi connectivity index (χ4v) is 0.836. The van der Waals surface area contributed by atoms with Crippen LogP contribution in [0.15, 0.2) is 4.40 Å². The molecule has 0 aliphatic rings. The molecule has 54 valence electrons. The van der Waals surface area contributed by atoms with Crippen LogP contribution in [-0.2, 0) is 0 Å². The van der Waals surface area contributed by atoms with Gasteiger partial charge in [0, 0.05) is 11.5 Å². The van der Waals surface area contributed by atoms with Crippen molar-refractivity contribution in [2.24, 2.45) is 10.3 Å². The van der Waals surface area contributed by atoms with Gasteiger partial charge in [-0.25, -0.2) is 4.40 Å². The zero-order chi connectivity index (χ0) is 7.28. The van der Waals surface area contributed by atoms with Gasteiger partial charge in [0.25, 0.3) is 0 Å². The topological polar surface area (TPSA) is 12.4 Å². The van der Waals surface area contributed by atoms with Gasteiger partial charge in [0.1, 0.15) is 0 Å². The molecule has 0 N–H and O–H groups in total. The van der Waals surface area contributed by atoms with Gasteiger partial charge in [-0.3, -0.25) is 0 Å². The van der Waals surface area contributed by atoms with Crippen LogP contribution in [0.25, 0.3) is 0 Å². The van der Waals surface area contributed by atoms with Gasteiger partial charge in [-0.15, -0.1) is 0 Å². The van der Waals surface area contributed by atoms with E-state index in [9.17, 15) is 0 Å². The normalized spacial score (nSPS) is 15.2. The molecule has 0 saturated heterocycles. The van der Waals surface area contributed by atoms with Gasteiger partial charge in [0.2, 0.25) is 0 Å². The van der Waals surface area contributed by atoms with Crippen molar-refractivity contribution in [2.75, 3.05) is 0 Å². The van der Waals surface area contributed by atoms with E-state index in [1.165, 1.54) is 0 Å². The van der Waals surface area contributed by atoms with Crippen LogP contribution in [0.4, 0.5) is 0 Å². The molecule has 1 atom stereocenters.